The van der Waals surface area contributed by atoms with Gasteiger partial charge in [-0.3, -0.25) is 9.59 Å². The van der Waals surface area contributed by atoms with E-state index in [1.165, 1.54) is 0 Å². The molecule has 2 rings (SSSR count). The lowest BCUT2D eigenvalue weighted by molar-refractivity contribution is -0.309. The largest absolute Gasteiger partial charge is 0.408 e. The van der Waals surface area contributed by atoms with Crippen LogP contribution in [0.5, 0.6) is 0 Å². The van der Waals surface area contributed by atoms with Crippen molar-refractivity contribution in [3.63, 3.8) is 0 Å². The molecule has 0 amide bonds. The second-order valence-electron chi connectivity index (χ2n) is 3.87. The van der Waals surface area contributed by atoms with Crippen LogP contribution in [-0.4, -0.2) is 35.8 Å². The van der Waals surface area contributed by atoms with Gasteiger partial charge < -0.3 is 9.47 Å². The standard InChI is InChI=1S/C10H15NO4/c1-2-11-6-4-3-5-10(11)14-8(12)7-9(13)15-10/h2-7H2,1H3. The number of hydrogen-bond donors (Lipinski definition) is 0. The summed E-state index contributed by atoms with van der Waals surface area (Å²) >= 11 is 0. The highest BCUT2D eigenvalue weighted by molar-refractivity contribution is 5.93. The van der Waals surface area contributed by atoms with Gasteiger partial charge in [-0.15, -0.1) is 0 Å². The molecule has 2 aliphatic heterocycles. The maximum Gasteiger partial charge on any atom is 0.321 e. The van der Waals surface area contributed by atoms with E-state index < -0.39 is 17.8 Å². The number of ether oxygens (including phenoxy) is 2. The normalized spacial score (nSPS) is 26.2. The number of hydrogen-bond acceptors (Lipinski definition) is 5. The second kappa shape index (κ2) is 3.81. The van der Waals surface area contributed by atoms with E-state index in [4.69, 9.17) is 9.47 Å². The van der Waals surface area contributed by atoms with E-state index in [0.717, 1.165) is 19.4 Å². The number of esters is 2. The first kappa shape index (κ1) is 10.4. The summed E-state index contributed by atoms with van der Waals surface area (Å²) in [5, 5.41) is 0. The molecule has 0 aliphatic carbocycles. The van der Waals surface area contributed by atoms with Crippen LogP contribution in [0.4, 0.5) is 0 Å². The van der Waals surface area contributed by atoms with Crippen LogP contribution < -0.4 is 0 Å². The highest BCUT2D eigenvalue weighted by Gasteiger charge is 2.49. The Kier molecular flexibility index (Phi) is 2.65. The molecule has 2 heterocycles. The minimum absolute atomic E-state index is 0.265. The van der Waals surface area contributed by atoms with Gasteiger partial charge in [0, 0.05) is 19.5 Å². The molecular formula is C10H15NO4. The van der Waals surface area contributed by atoms with Crippen LogP contribution in [0.15, 0.2) is 0 Å². The van der Waals surface area contributed by atoms with Crippen molar-refractivity contribution < 1.29 is 19.1 Å². The Bertz CT molecular complexity index is 273. The summed E-state index contributed by atoms with van der Waals surface area (Å²) in [5.41, 5.74) is 0. The fourth-order valence-electron chi connectivity index (χ4n) is 2.18. The zero-order valence-corrected chi connectivity index (χ0v) is 8.82. The molecule has 1 spiro atoms. The molecule has 2 saturated heterocycles. The molecule has 0 bridgehead atoms. The molecule has 0 aromatic heterocycles. The topological polar surface area (TPSA) is 55.8 Å². The van der Waals surface area contributed by atoms with Gasteiger partial charge in [0.15, 0.2) is 0 Å². The third kappa shape index (κ3) is 1.84. The van der Waals surface area contributed by atoms with E-state index in [0.29, 0.717) is 13.0 Å². The van der Waals surface area contributed by atoms with Gasteiger partial charge in [-0.1, -0.05) is 6.92 Å². The molecule has 15 heavy (non-hydrogen) atoms. The number of carbonyl (C=O) groups is 2. The molecule has 2 aliphatic rings. The molecule has 0 atom stereocenters. The molecule has 2 fully saturated rings. The summed E-state index contributed by atoms with van der Waals surface area (Å²) in [6, 6.07) is 0. The molecule has 5 nitrogen and oxygen atoms in total. The van der Waals surface area contributed by atoms with Crippen molar-refractivity contribution in [1.82, 2.24) is 4.90 Å². The van der Waals surface area contributed by atoms with Gasteiger partial charge in [-0.05, 0) is 12.8 Å². The van der Waals surface area contributed by atoms with Gasteiger partial charge in [0.25, 0.3) is 0 Å². The van der Waals surface area contributed by atoms with Crippen molar-refractivity contribution in [2.75, 3.05) is 13.1 Å². The van der Waals surface area contributed by atoms with Crippen LogP contribution in [0.2, 0.25) is 0 Å². The lowest BCUT2D eigenvalue weighted by atomic mass is 10.1. The maximum atomic E-state index is 11.3. The Balaban J connectivity index is 2.20. The summed E-state index contributed by atoms with van der Waals surface area (Å²) in [7, 11) is 0. The Morgan fingerprint density at radius 2 is 1.93 bits per heavy atom. The monoisotopic (exact) mass is 213 g/mol. The van der Waals surface area contributed by atoms with E-state index in [9.17, 15) is 9.59 Å². The summed E-state index contributed by atoms with van der Waals surface area (Å²) in [6.07, 6.45) is 2.28. The second-order valence-corrected chi connectivity index (χ2v) is 3.87. The maximum absolute atomic E-state index is 11.3. The van der Waals surface area contributed by atoms with E-state index in [1.807, 2.05) is 11.8 Å². The molecular weight excluding hydrogens is 198 g/mol. The molecule has 84 valence electrons. The number of likely N-dealkylation sites (tertiary alicyclic amines) is 1. The zero-order chi connectivity index (χ0) is 10.9. The van der Waals surface area contributed by atoms with Crippen molar-refractivity contribution in [1.29, 1.82) is 0 Å². The van der Waals surface area contributed by atoms with Crippen molar-refractivity contribution in [2.24, 2.45) is 0 Å². The van der Waals surface area contributed by atoms with E-state index >= 15 is 0 Å². The van der Waals surface area contributed by atoms with E-state index in [1.54, 1.807) is 0 Å². The molecule has 5 heteroatoms. The number of rotatable bonds is 1. The Morgan fingerprint density at radius 3 is 2.53 bits per heavy atom. The highest BCUT2D eigenvalue weighted by atomic mass is 16.8. The molecule has 0 aromatic carbocycles. The van der Waals surface area contributed by atoms with Gasteiger partial charge in [0.2, 0.25) is 0 Å². The lowest BCUT2D eigenvalue weighted by Gasteiger charge is -2.45. The zero-order valence-electron chi connectivity index (χ0n) is 8.82. The van der Waals surface area contributed by atoms with Crippen molar-refractivity contribution in [3.8, 4) is 0 Å². The average molecular weight is 213 g/mol. The van der Waals surface area contributed by atoms with Crippen molar-refractivity contribution in [2.45, 2.75) is 38.5 Å². The van der Waals surface area contributed by atoms with Gasteiger partial charge >= 0.3 is 17.8 Å². The average Bonchev–Trinajstić information content (AvgIpc) is 2.16. The fraction of sp³-hybridized carbons (Fsp3) is 0.800. The third-order valence-electron chi connectivity index (χ3n) is 2.87. The van der Waals surface area contributed by atoms with Gasteiger partial charge in [-0.2, -0.15) is 0 Å². The lowest BCUT2D eigenvalue weighted by Crippen LogP contribution is -2.59. The summed E-state index contributed by atoms with van der Waals surface area (Å²) < 4.78 is 10.5. The summed E-state index contributed by atoms with van der Waals surface area (Å²) in [4.78, 5) is 24.4. The predicted molar refractivity (Wildman–Crippen MR) is 50.6 cm³/mol. The minimum Gasteiger partial charge on any atom is -0.408 e. The fourth-order valence-corrected chi connectivity index (χ4v) is 2.18. The molecule has 0 saturated carbocycles. The Morgan fingerprint density at radius 1 is 1.27 bits per heavy atom. The highest BCUT2D eigenvalue weighted by Crippen LogP contribution is 2.33. The minimum atomic E-state index is -1.10. The first-order chi connectivity index (χ1) is 7.16. The van der Waals surface area contributed by atoms with Crippen LogP contribution in [0.3, 0.4) is 0 Å². The quantitative estimate of drug-likeness (QED) is 0.472. The number of piperidine rings is 1. The van der Waals surface area contributed by atoms with E-state index in [2.05, 4.69) is 0 Å². The molecule has 0 N–H and O–H groups in total. The first-order valence-corrected chi connectivity index (χ1v) is 5.35. The summed E-state index contributed by atoms with van der Waals surface area (Å²) in [5.74, 6) is -2.06. The van der Waals surface area contributed by atoms with Crippen LogP contribution in [-0.2, 0) is 19.1 Å². The number of carbonyl (C=O) groups excluding carboxylic acids is 2. The van der Waals surface area contributed by atoms with Gasteiger partial charge in [0.1, 0.15) is 6.42 Å². The predicted octanol–water partition coefficient (Wildman–Crippen LogP) is 0.636. The van der Waals surface area contributed by atoms with Gasteiger partial charge in [0.05, 0.1) is 0 Å². The van der Waals surface area contributed by atoms with Gasteiger partial charge in [-0.25, -0.2) is 4.90 Å². The Hall–Kier alpha value is -1.10. The molecule has 0 aromatic rings. The SMILES string of the molecule is CCN1CCCCC12OC(=O)CC(=O)O2. The van der Waals surface area contributed by atoms with Crippen molar-refractivity contribution >= 4 is 11.9 Å². The van der Waals surface area contributed by atoms with Crippen molar-refractivity contribution in [3.05, 3.63) is 0 Å². The van der Waals surface area contributed by atoms with Crippen LogP contribution in [0.1, 0.15) is 32.6 Å². The number of nitrogens with zero attached hydrogens (tertiary/aromatic N) is 1. The van der Waals surface area contributed by atoms with Crippen LogP contribution >= 0.6 is 0 Å². The van der Waals surface area contributed by atoms with Crippen LogP contribution in [0, 0.1) is 0 Å². The van der Waals surface area contributed by atoms with Crippen LogP contribution in [0.25, 0.3) is 0 Å². The molecule has 0 unspecified atom stereocenters. The summed E-state index contributed by atoms with van der Waals surface area (Å²) in [6.45, 7) is 3.47. The van der Waals surface area contributed by atoms with E-state index in [-0.39, 0.29) is 6.42 Å². The third-order valence-corrected chi connectivity index (χ3v) is 2.87. The smallest absolute Gasteiger partial charge is 0.321 e. The first-order valence-electron chi connectivity index (χ1n) is 5.35. The molecule has 0 radical (unpaired) electrons. The Labute approximate surface area is 88.3 Å².